The van der Waals surface area contributed by atoms with E-state index in [4.69, 9.17) is 0 Å². The fraction of sp³-hybridized carbons (Fsp3) is 0.889. The molecule has 1 rings (SSSR count). The second-order valence-corrected chi connectivity index (χ2v) is 4.76. The number of amides is 1. The molecule has 1 atom stereocenters. The van der Waals surface area contributed by atoms with Crippen LogP contribution in [-0.4, -0.2) is 16.8 Å². The van der Waals surface area contributed by atoms with E-state index >= 15 is 0 Å². The standard InChI is InChI=1S/C9H16BrNO/c1-3-8(10)9(12)11-7-4-6(2)5-7/h6-8H,3-5H2,1-2H3,(H,11,12). The third-order valence-corrected chi connectivity index (χ3v) is 3.43. The summed E-state index contributed by atoms with van der Waals surface area (Å²) in [4.78, 5) is 11.3. The first-order valence-electron chi connectivity index (χ1n) is 4.58. The van der Waals surface area contributed by atoms with E-state index in [1.165, 1.54) is 0 Å². The Bertz CT molecular complexity index is 166. The van der Waals surface area contributed by atoms with Gasteiger partial charge in [-0.15, -0.1) is 0 Å². The molecule has 0 spiro atoms. The van der Waals surface area contributed by atoms with Crippen LogP contribution in [0, 0.1) is 5.92 Å². The van der Waals surface area contributed by atoms with Gasteiger partial charge in [-0.25, -0.2) is 0 Å². The molecule has 1 saturated carbocycles. The molecule has 12 heavy (non-hydrogen) atoms. The predicted octanol–water partition coefficient (Wildman–Crippen LogP) is 2.07. The van der Waals surface area contributed by atoms with E-state index in [1.54, 1.807) is 0 Å². The minimum absolute atomic E-state index is 0.00611. The summed E-state index contributed by atoms with van der Waals surface area (Å²) in [7, 11) is 0. The van der Waals surface area contributed by atoms with Crippen LogP contribution in [0.15, 0.2) is 0 Å². The van der Waals surface area contributed by atoms with Gasteiger partial charge < -0.3 is 5.32 Å². The SMILES string of the molecule is CCC(Br)C(=O)NC1CC(C)C1. The smallest absolute Gasteiger partial charge is 0.233 e. The maximum Gasteiger partial charge on any atom is 0.233 e. The normalized spacial score (nSPS) is 30.6. The van der Waals surface area contributed by atoms with Crippen LogP contribution in [0.25, 0.3) is 0 Å². The Kier molecular flexibility index (Phi) is 3.56. The maximum atomic E-state index is 11.3. The average Bonchev–Trinajstić information content (AvgIpc) is 2.00. The molecule has 0 aliphatic heterocycles. The Morgan fingerprint density at radius 2 is 2.25 bits per heavy atom. The first-order chi connectivity index (χ1) is 5.63. The van der Waals surface area contributed by atoms with Gasteiger partial charge in [0.1, 0.15) is 0 Å². The van der Waals surface area contributed by atoms with E-state index < -0.39 is 0 Å². The lowest BCUT2D eigenvalue weighted by molar-refractivity contribution is -0.122. The molecule has 0 radical (unpaired) electrons. The largest absolute Gasteiger partial charge is 0.352 e. The Balaban J connectivity index is 2.18. The third kappa shape index (κ3) is 2.47. The molecular formula is C9H16BrNO. The molecule has 0 saturated heterocycles. The van der Waals surface area contributed by atoms with Crippen LogP contribution in [0.4, 0.5) is 0 Å². The first kappa shape index (κ1) is 10.0. The van der Waals surface area contributed by atoms with Crippen LogP contribution in [0.5, 0.6) is 0 Å². The molecule has 1 aliphatic carbocycles. The van der Waals surface area contributed by atoms with Crippen molar-refractivity contribution < 1.29 is 4.79 Å². The van der Waals surface area contributed by atoms with Crippen LogP contribution in [0.3, 0.4) is 0 Å². The summed E-state index contributed by atoms with van der Waals surface area (Å²) in [6.07, 6.45) is 3.15. The number of carbonyl (C=O) groups is 1. The van der Waals surface area contributed by atoms with Gasteiger partial charge in [-0.2, -0.15) is 0 Å². The molecule has 1 fully saturated rings. The summed E-state index contributed by atoms with van der Waals surface area (Å²) in [6.45, 7) is 4.22. The van der Waals surface area contributed by atoms with Crippen molar-refractivity contribution in [1.82, 2.24) is 5.32 Å². The van der Waals surface area contributed by atoms with Crippen molar-refractivity contribution in [3.05, 3.63) is 0 Å². The zero-order chi connectivity index (χ0) is 9.14. The molecule has 1 aliphatic rings. The Morgan fingerprint density at radius 1 is 1.67 bits per heavy atom. The minimum atomic E-state index is -0.00611. The molecule has 0 aromatic carbocycles. The molecule has 1 N–H and O–H groups in total. The van der Waals surface area contributed by atoms with Gasteiger partial charge in [-0.1, -0.05) is 29.8 Å². The van der Waals surface area contributed by atoms with Crippen LogP contribution >= 0.6 is 15.9 Å². The minimum Gasteiger partial charge on any atom is -0.352 e. The van der Waals surface area contributed by atoms with Crippen LogP contribution in [0.1, 0.15) is 33.1 Å². The lowest BCUT2D eigenvalue weighted by Crippen LogP contribution is -2.45. The van der Waals surface area contributed by atoms with E-state index in [0.717, 1.165) is 25.2 Å². The van der Waals surface area contributed by atoms with E-state index in [2.05, 4.69) is 28.2 Å². The summed E-state index contributed by atoms with van der Waals surface area (Å²) in [6, 6.07) is 0.444. The fourth-order valence-corrected chi connectivity index (χ4v) is 1.63. The van der Waals surface area contributed by atoms with E-state index in [0.29, 0.717) is 6.04 Å². The van der Waals surface area contributed by atoms with Crippen molar-refractivity contribution in [1.29, 1.82) is 0 Å². The summed E-state index contributed by atoms with van der Waals surface area (Å²) in [5.74, 6) is 0.945. The maximum absolute atomic E-state index is 11.3. The number of alkyl halides is 1. The number of hydrogen-bond donors (Lipinski definition) is 1. The second-order valence-electron chi connectivity index (χ2n) is 3.66. The van der Waals surface area contributed by atoms with Crippen molar-refractivity contribution in [2.24, 2.45) is 5.92 Å². The third-order valence-electron chi connectivity index (χ3n) is 2.36. The molecule has 0 heterocycles. The van der Waals surface area contributed by atoms with Gasteiger partial charge >= 0.3 is 0 Å². The van der Waals surface area contributed by atoms with Crippen molar-refractivity contribution in [2.75, 3.05) is 0 Å². The van der Waals surface area contributed by atoms with Gasteiger partial charge in [0, 0.05) is 6.04 Å². The van der Waals surface area contributed by atoms with Gasteiger partial charge in [0.2, 0.25) is 5.91 Å². The quantitative estimate of drug-likeness (QED) is 0.744. The number of halogens is 1. The second kappa shape index (κ2) is 4.26. The zero-order valence-corrected chi connectivity index (χ0v) is 9.23. The van der Waals surface area contributed by atoms with Crippen LogP contribution < -0.4 is 5.32 Å². The highest BCUT2D eigenvalue weighted by atomic mass is 79.9. The van der Waals surface area contributed by atoms with Gasteiger partial charge in [0.05, 0.1) is 4.83 Å². The molecular weight excluding hydrogens is 218 g/mol. The number of hydrogen-bond acceptors (Lipinski definition) is 1. The Hall–Kier alpha value is -0.0500. The van der Waals surface area contributed by atoms with E-state index in [1.807, 2.05) is 6.92 Å². The number of rotatable bonds is 3. The van der Waals surface area contributed by atoms with Gasteiger partial charge in [0.25, 0.3) is 0 Å². The Morgan fingerprint density at radius 3 is 2.67 bits per heavy atom. The molecule has 0 aromatic heterocycles. The molecule has 70 valence electrons. The molecule has 0 aromatic rings. The molecule has 2 nitrogen and oxygen atoms in total. The Labute approximate surface area is 82.2 Å². The highest BCUT2D eigenvalue weighted by molar-refractivity contribution is 9.10. The summed E-state index contributed by atoms with van der Waals surface area (Å²) in [5, 5.41) is 3.01. The predicted molar refractivity (Wildman–Crippen MR) is 53.3 cm³/mol. The van der Waals surface area contributed by atoms with Gasteiger partial charge in [-0.3, -0.25) is 4.79 Å². The van der Waals surface area contributed by atoms with Gasteiger partial charge in [0.15, 0.2) is 0 Å². The lowest BCUT2D eigenvalue weighted by atomic mass is 9.82. The highest BCUT2D eigenvalue weighted by Crippen LogP contribution is 2.26. The van der Waals surface area contributed by atoms with Crippen molar-refractivity contribution in [3.63, 3.8) is 0 Å². The van der Waals surface area contributed by atoms with E-state index in [9.17, 15) is 4.79 Å². The first-order valence-corrected chi connectivity index (χ1v) is 5.49. The van der Waals surface area contributed by atoms with E-state index in [-0.39, 0.29) is 10.7 Å². The van der Waals surface area contributed by atoms with Crippen LogP contribution in [0.2, 0.25) is 0 Å². The van der Waals surface area contributed by atoms with Crippen LogP contribution in [-0.2, 0) is 4.79 Å². The average molecular weight is 234 g/mol. The van der Waals surface area contributed by atoms with Crippen molar-refractivity contribution >= 4 is 21.8 Å². The lowest BCUT2D eigenvalue weighted by Gasteiger charge is -2.33. The number of carbonyl (C=O) groups excluding carboxylic acids is 1. The summed E-state index contributed by atoms with van der Waals surface area (Å²) < 4.78 is 0. The molecule has 1 unspecified atom stereocenters. The van der Waals surface area contributed by atoms with Crippen molar-refractivity contribution in [3.8, 4) is 0 Å². The molecule has 0 bridgehead atoms. The fourth-order valence-electron chi connectivity index (χ4n) is 1.50. The molecule has 3 heteroatoms. The topological polar surface area (TPSA) is 29.1 Å². The monoisotopic (exact) mass is 233 g/mol. The van der Waals surface area contributed by atoms with Crippen molar-refractivity contribution in [2.45, 2.75) is 44.0 Å². The van der Waals surface area contributed by atoms with Gasteiger partial charge in [-0.05, 0) is 25.2 Å². The zero-order valence-electron chi connectivity index (χ0n) is 7.64. The highest BCUT2D eigenvalue weighted by Gasteiger charge is 2.27. The number of nitrogens with one attached hydrogen (secondary N) is 1. The summed E-state index contributed by atoms with van der Waals surface area (Å²) >= 11 is 3.33. The molecule has 1 amide bonds. The summed E-state index contributed by atoms with van der Waals surface area (Å²) in [5.41, 5.74) is 0.